The Morgan fingerprint density at radius 1 is 1.19 bits per heavy atom. The van der Waals surface area contributed by atoms with E-state index >= 15 is 0 Å². The van der Waals surface area contributed by atoms with E-state index in [1.807, 2.05) is 0 Å². The third-order valence-electron chi connectivity index (χ3n) is 3.93. The van der Waals surface area contributed by atoms with E-state index in [-0.39, 0.29) is 0 Å². The molecule has 2 atom stereocenters. The van der Waals surface area contributed by atoms with E-state index in [1.54, 1.807) is 0 Å². The van der Waals surface area contributed by atoms with Crippen molar-refractivity contribution >= 4 is 0 Å². The number of likely N-dealkylation sites (tertiary alicyclic amines) is 1. The quantitative estimate of drug-likeness (QED) is 0.748. The van der Waals surface area contributed by atoms with Crippen LogP contribution in [0.3, 0.4) is 0 Å². The minimum Gasteiger partial charge on any atom is -0.302 e. The van der Waals surface area contributed by atoms with Crippen molar-refractivity contribution in [1.29, 1.82) is 0 Å². The van der Waals surface area contributed by atoms with E-state index < -0.39 is 0 Å². The molecule has 0 aliphatic carbocycles. The summed E-state index contributed by atoms with van der Waals surface area (Å²) in [7, 11) is 0. The van der Waals surface area contributed by atoms with Gasteiger partial charge in [0, 0.05) is 19.6 Å². The number of benzene rings is 1. The summed E-state index contributed by atoms with van der Waals surface area (Å²) < 4.78 is 0. The van der Waals surface area contributed by atoms with E-state index in [0.29, 0.717) is 0 Å². The van der Waals surface area contributed by atoms with Crippen molar-refractivity contribution in [2.24, 2.45) is 11.8 Å². The van der Waals surface area contributed by atoms with Crippen molar-refractivity contribution in [3.8, 4) is 0 Å². The fraction of sp³-hybridized carbons (Fsp3) is 0.600. The summed E-state index contributed by atoms with van der Waals surface area (Å²) in [5, 5.41) is 0. The van der Waals surface area contributed by atoms with Gasteiger partial charge < -0.3 is 4.90 Å². The third-order valence-corrected chi connectivity index (χ3v) is 3.93. The summed E-state index contributed by atoms with van der Waals surface area (Å²) in [4.78, 5) is 2.63. The summed E-state index contributed by atoms with van der Waals surface area (Å²) in [6.07, 6.45) is 2.53. The van der Waals surface area contributed by atoms with Crippen molar-refractivity contribution in [2.75, 3.05) is 19.6 Å². The highest BCUT2D eigenvalue weighted by atomic mass is 15.1. The molecule has 1 heteroatoms. The molecular weight excluding hydrogens is 194 g/mol. The largest absolute Gasteiger partial charge is 0.302 e. The summed E-state index contributed by atoms with van der Waals surface area (Å²) in [5.74, 6) is 1.82. The van der Waals surface area contributed by atoms with Gasteiger partial charge in [-0.3, -0.25) is 0 Å². The third kappa shape index (κ3) is 2.85. The van der Waals surface area contributed by atoms with E-state index in [4.69, 9.17) is 0 Å². The Kier molecular flexibility index (Phi) is 4.00. The fourth-order valence-electron chi connectivity index (χ4n) is 2.79. The van der Waals surface area contributed by atoms with Crippen molar-refractivity contribution < 1.29 is 0 Å². The van der Waals surface area contributed by atoms with Crippen LogP contribution in [0.4, 0.5) is 0 Å². The number of hydrogen-bond donors (Lipinski definition) is 0. The summed E-state index contributed by atoms with van der Waals surface area (Å²) in [6, 6.07) is 10.8. The summed E-state index contributed by atoms with van der Waals surface area (Å²) >= 11 is 0. The molecule has 0 amide bonds. The maximum atomic E-state index is 2.63. The minimum absolute atomic E-state index is 0.890. The van der Waals surface area contributed by atoms with Crippen LogP contribution in [-0.2, 0) is 6.42 Å². The van der Waals surface area contributed by atoms with Crippen LogP contribution in [-0.4, -0.2) is 24.5 Å². The van der Waals surface area contributed by atoms with Crippen LogP contribution < -0.4 is 0 Å². The van der Waals surface area contributed by atoms with Gasteiger partial charge in [-0.25, -0.2) is 0 Å². The van der Waals surface area contributed by atoms with E-state index in [1.165, 1.54) is 38.0 Å². The number of hydrogen-bond acceptors (Lipinski definition) is 1. The first-order valence-electron chi connectivity index (χ1n) is 6.56. The van der Waals surface area contributed by atoms with Crippen molar-refractivity contribution in [3.63, 3.8) is 0 Å². The molecule has 0 radical (unpaired) electrons. The maximum Gasteiger partial charge on any atom is 0.00221 e. The minimum atomic E-state index is 0.890. The van der Waals surface area contributed by atoms with Crippen molar-refractivity contribution in [1.82, 2.24) is 4.90 Å². The fourth-order valence-corrected chi connectivity index (χ4v) is 2.79. The summed E-state index contributed by atoms with van der Waals surface area (Å²) in [6.45, 7) is 8.55. The van der Waals surface area contributed by atoms with Crippen LogP contribution in [0.25, 0.3) is 0 Å². The molecule has 1 aromatic rings. The molecule has 0 spiro atoms. The second kappa shape index (κ2) is 5.49. The summed E-state index contributed by atoms with van der Waals surface area (Å²) in [5.41, 5.74) is 1.47. The SMILES string of the molecule is CC[C@@H]1CN(CCc2ccccc2)C[C@H]1C. The van der Waals surface area contributed by atoms with Gasteiger partial charge >= 0.3 is 0 Å². The van der Waals surface area contributed by atoms with Crippen LogP contribution >= 0.6 is 0 Å². The van der Waals surface area contributed by atoms with Gasteiger partial charge in [-0.05, 0) is 23.8 Å². The Morgan fingerprint density at radius 3 is 2.56 bits per heavy atom. The van der Waals surface area contributed by atoms with Gasteiger partial charge in [0.2, 0.25) is 0 Å². The number of rotatable bonds is 4. The van der Waals surface area contributed by atoms with Crippen LogP contribution in [0, 0.1) is 11.8 Å². The van der Waals surface area contributed by atoms with Crippen LogP contribution in [0.2, 0.25) is 0 Å². The molecule has 0 unspecified atom stereocenters. The van der Waals surface area contributed by atoms with Gasteiger partial charge in [-0.15, -0.1) is 0 Å². The first kappa shape index (κ1) is 11.7. The first-order valence-corrected chi connectivity index (χ1v) is 6.56. The molecule has 2 rings (SSSR count). The van der Waals surface area contributed by atoms with Crippen LogP contribution in [0.5, 0.6) is 0 Å². The molecule has 1 saturated heterocycles. The Morgan fingerprint density at radius 2 is 1.94 bits per heavy atom. The molecule has 1 aromatic carbocycles. The molecule has 1 heterocycles. The van der Waals surface area contributed by atoms with Gasteiger partial charge in [-0.2, -0.15) is 0 Å². The van der Waals surface area contributed by atoms with Crippen LogP contribution in [0.15, 0.2) is 30.3 Å². The van der Waals surface area contributed by atoms with Crippen molar-refractivity contribution in [3.05, 3.63) is 35.9 Å². The lowest BCUT2D eigenvalue weighted by Crippen LogP contribution is -2.23. The van der Waals surface area contributed by atoms with Gasteiger partial charge in [0.1, 0.15) is 0 Å². The van der Waals surface area contributed by atoms with Gasteiger partial charge in [0.15, 0.2) is 0 Å². The van der Waals surface area contributed by atoms with Gasteiger partial charge in [-0.1, -0.05) is 50.6 Å². The monoisotopic (exact) mass is 217 g/mol. The first-order chi connectivity index (χ1) is 7.79. The number of nitrogens with zero attached hydrogens (tertiary/aromatic N) is 1. The molecule has 1 nitrogen and oxygen atoms in total. The topological polar surface area (TPSA) is 3.24 Å². The Balaban J connectivity index is 1.80. The average Bonchev–Trinajstić information content (AvgIpc) is 2.69. The van der Waals surface area contributed by atoms with E-state index in [2.05, 4.69) is 49.1 Å². The Bertz CT molecular complexity index is 306. The molecule has 88 valence electrons. The zero-order chi connectivity index (χ0) is 11.4. The maximum absolute atomic E-state index is 2.63. The van der Waals surface area contributed by atoms with Crippen molar-refractivity contribution in [2.45, 2.75) is 26.7 Å². The smallest absolute Gasteiger partial charge is 0.00221 e. The lowest BCUT2D eigenvalue weighted by Gasteiger charge is -2.15. The molecule has 0 saturated carbocycles. The predicted octanol–water partition coefficient (Wildman–Crippen LogP) is 3.21. The molecule has 1 fully saturated rings. The average molecular weight is 217 g/mol. The lowest BCUT2D eigenvalue weighted by atomic mass is 9.96. The molecule has 0 N–H and O–H groups in total. The van der Waals surface area contributed by atoms with E-state index in [0.717, 1.165) is 11.8 Å². The molecule has 0 bridgehead atoms. The Hall–Kier alpha value is -0.820. The zero-order valence-electron chi connectivity index (χ0n) is 10.5. The van der Waals surface area contributed by atoms with E-state index in [9.17, 15) is 0 Å². The second-order valence-electron chi connectivity index (χ2n) is 5.14. The zero-order valence-corrected chi connectivity index (χ0v) is 10.5. The highest BCUT2D eigenvalue weighted by molar-refractivity contribution is 5.14. The Labute approximate surface area is 99.5 Å². The highest BCUT2D eigenvalue weighted by Crippen LogP contribution is 2.25. The van der Waals surface area contributed by atoms with Gasteiger partial charge in [0.25, 0.3) is 0 Å². The molecule has 0 aromatic heterocycles. The molecule has 1 aliphatic rings. The molecule has 1 aliphatic heterocycles. The van der Waals surface area contributed by atoms with Gasteiger partial charge in [0.05, 0.1) is 0 Å². The highest BCUT2D eigenvalue weighted by Gasteiger charge is 2.27. The van der Waals surface area contributed by atoms with Crippen LogP contribution in [0.1, 0.15) is 25.8 Å². The normalized spacial score (nSPS) is 26.1. The predicted molar refractivity (Wildman–Crippen MR) is 69.5 cm³/mol. The second-order valence-corrected chi connectivity index (χ2v) is 5.14. The molecule has 16 heavy (non-hydrogen) atoms. The lowest BCUT2D eigenvalue weighted by molar-refractivity contribution is 0.325. The molecular formula is C15H23N. The standard InChI is InChI=1S/C15H23N/c1-3-15-12-16(11-13(15)2)10-9-14-7-5-4-6-8-14/h4-8,13,15H,3,9-12H2,1-2H3/t13-,15-/m1/s1.